The van der Waals surface area contributed by atoms with Crippen molar-refractivity contribution in [2.24, 2.45) is 5.10 Å². The minimum Gasteiger partial charge on any atom is -0.497 e. The minimum atomic E-state index is -0.395. The van der Waals surface area contributed by atoms with Gasteiger partial charge >= 0.3 is 0 Å². The number of methoxy groups -OCH3 is 2. The highest BCUT2D eigenvalue weighted by molar-refractivity contribution is 6.06. The number of carbonyl (C=O) groups is 2. The Hall–Kier alpha value is -3.29. The summed E-state index contributed by atoms with van der Waals surface area (Å²) in [5, 5.41) is 6.67. The number of nitrogens with one attached hydrogen (secondary N) is 2. The van der Waals surface area contributed by atoms with E-state index in [1.807, 2.05) is 0 Å². The van der Waals surface area contributed by atoms with Crippen LogP contribution in [0.3, 0.4) is 0 Å². The van der Waals surface area contributed by atoms with Gasteiger partial charge in [-0.05, 0) is 19.9 Å². The average molecular weight is 359 g/mol. The van der Waals surface area contributed by atoms with Crippen LogP contribution in [-0.2, 0) is 4.79 Å². The monoisotopic (exact) mass is 359 g/mol. The Balaban J connectivity index is 1.94. The number of hydrazone groups is 1. The molecule has 1 aromatic carbocycles. The molecule has 0 aliphatic carbocycles. The van der Waals surface area contributed by atoms with Crippen LogP contribution in [0.1, 0.15) is 29.5 Å². The topological polar surface area (TPSA) is 102 Å². The van der Waals surface area contributed by atoms with Gasteiger partial charge in [-0.15, -0.1) is 0 Å². The predicted molar refractivity (Wildman–Crippen MR) is 96.8 cm³/mol. The highest BCUT2D eigenvalue weighted by Crippen LogP contribution is 2.25. The molecule has 138 valence electrons. The zero-order valence-electron chi connectivity index (χ0n) is 15.1. The van der Waals surface area contributed by atoms with Crippen LogP contribution in [0, 0.1) is 6.92 Å². The summed E-state index contributed by atoms with van der Waals surface area (Å²) in [6.45, 7) is 3.33. The third-order valence-electron chi connectivity index (χ3n) is 3.50. The van der Waals surface area contributed by atoms with Crippen molar-refractivity contribution < 1.29 is 23.5 Å². The molecule has 0 unspecified atom stereocenters. The third kappa shape index (κ3) is 5.10. The number of anilines is 1. The highest BCUT2D eigenvalue weighted by Gasteiger charge is 2.11. The van der Waals surface area contributed by atoms with Gasteiger partial charge in [0, 0.05) is 29.6 Å². The van der Waals surface area contributed by atoms with Crippen molar-refractivity contribution in [3.8, 4) is 11.5 Å². The molecule has 1 heterocycles. The number of hydrogen-bond donors (Lipinski definition) is 2. The highest BCUT2D eigenvalue weighted by atomic mass is 16.5. The lowest BCUT2D eigenvalue weighted by atomic mass is 10.2. The fourth-order valence-corrected chi connectivity index (χ4v) is 2.18. The van der Waals surface area contributed by atoms with E-state index in [0.717, 1.165) is 0 Å². The number of furan rings is 1. The van der Waals surface area contributed by atoms with E-state index in [2.05, 4.69) is 15.8 Å². The summed E-state index contributed by atoms with van der Waals surface area (Å²) in [7, 11) is 3.06. The van der Waals surface area contributed by atoms with Crippen LogP contribution in [0.5, 0.6) is 11.5 Å². The van der Waals surface area contributed by atoms with Gasteiger partial charge in [0.25, 0.3) is 5.91 Å². The number of rotatable bonds is 7. The van der Waals surface area contributed by atoms with Crippen LogP contribution in [-0.4, -0.2) is 31.7 Å². The molecular formula is C18H21N3O5. The predicted octanol–water partition coefficient (Wildman–Crippen LogP) is 2.74. The van der Waals surface area contributed by atoms with Crippen molar-refractivity contribution in [1.29, 1.82) is 0 Å². The maximum absolute atomic E-state index is 12.1. The van der Waals surface area contributed by atoms with E-state index in [-0.39, 0.29) is 12.3 Å². The number of hydrogen-bond acceptors (Lipinski definition) is 6. The van der Waals surface area contributed by atoms with Crippen molar-refractivity contribution in [3.63, 3.8) is 0 Å². The van der Waals surface area contributed by atoms with Gasteiger partial charge in [0.15, 0.2) is 0 Å². The number of amides is 2. The summed E-state index contributed by atoms with van der Waals surface area (Å²) < 4.78 is 15.4. The summed E-state index contributed by atoms with van der Waals surface area (Å²) in [5.74, 6) is 0.949. The lowest BCUT2D eigenvalue weighted by Crippen LogP contribution is -2.21. The molecule has 2 aromatic rings. The molecule has 0 atom stereocenters. The normalized spacial score (nSPS) is 11.0. The molecule has 2 amide bonds. The van der Waals surface area contributed by atoms with Crippen LogP contribution in [0.2, 0.25) is 0 Å². The maximum atomic E-state index is 12.1. The molecule has 2 N–H and O–H groups in total. The molecular weight excluding hydrogens is 338 g/mol. The van der Waals surface area contributed by atoms with E-state index >= 15 is 0 Å². The Bertz CT molecular complexity index is 804. The molecule has 0 aliphatic heterocycles. The Morgan fingerprint density at radius 3 is 2.35 bits per heavy atom. The van der Waals surface area contributed by atoms with E-state index in [0.29, 0.717) is 34.2 Å². The first-order valence-electron chi connectivity index (χ1n) is 7.83. The molecule has 0 aliphatic rings. The summed E-state index contributed by atoms with van der Waals surface area (Å²) in [4.78, 5) is 24.1. The second kappa shape index (κ2) is 8.70. The van der Waals surface area contributed by atoms with E-state index in [4.69, 9.17) is 13.9 Å². The SMILES string of the molecule is COc1cc(NC(=O)C/C(C)=N/NC(=O)c2ccoc2C)cc(OC)c1. The number of carbonyl (C=O) groups excluding carboxylic acids is 2. The summed E-state index contributed by atoms with van der Waals surface area (Å²) in [6.07, 6.45) is 1.45. The maximum Gasteiger partial charge on any atom is 0.274 e. The van der Waals surface area contributed by atoms with Crippen LogP contribution in [0.4, 0.5) is 5.69 Å². The third-order valence-corrected chi connectivity index (χ3v) is 3.50. The van der Waals surface area contributed by atoms with E-state index in [1.54, 1.807) is 38.1 Å². The quantitative estimate of drug-likeness (QED) is 0.584. The van der Waals surface area contributed by atoms with Gasteiger partial charge in [-0.1, -0.05) is 0 Å². The first-order chi connectivity index (χ1) is 12.4. The van der Waals surface area contributed by atoms with Crippen molar-refractivity contribution in [2.75, 3.05) is 19.5 Å². The van der Waals surface area contributed by atoms with E-state index < -0.39 is 5.91 Å². The molecule has 0 fully saturated rings. The van der Waals surface area contributed by atoms with Crippen molar-refractivity contribution in [2.45, 2.75) is 20.3 Å². The summed E-state index contributed by atoms with van der Waals surface area (Å²) in [5.41, 5.74) is 3.79. The fourth-order valence-electron chi connectivity index (χ4n) is 2.18. The molecule has 0 saturated heterocycles. The lowest BCUT2D eigenvalue weighted by Gasteiger charge is -2.10. The summed E-state index contributed by atoms with van der Waals surface area (Å²) in [6, 6.07) is 6.61. The second-order valence-corrected chi connectivity index (χ2v) is 5.50. The Morgan fingerprint density at radius 1 is 1.15 bits per heavy atom. The van der Waals surface area contributed by atoms with Crippen LogP contribution in [0.25, 0.3) is 0 Å². The van der Waals surface area contributed by atoms with Crippen molar-refractivity contribution in [3.05, 3.63) is 41.9 Å². The molecule has 0 bridgehead atoms. The van der Waals surface area contributed by atoms with Gasteiger partial charge in [0.2, 0.25) is 5.91 Å². The average Bonchev–Trinajstić information content (AvgIpc) is 3.05. The number of nitrogens with zero attached hydrogens (tertiary/aromatic N) is 1. The molecule has 0 spiro atoms. The first kappa shape index (κ1) is 19.0. The zero-order chi connectivity index (χ0) is 19.1. The van der Waals surface area contributed by atoms with Gasteiger partial charge in [0.1, 0.15) is 17.3 Å². The van der Waals surface area contributed by atoms with Gasteiger partial charge in [-0.3, -0.25) is 9.59 Å². The second-order valence-electron chi connectivity index (χ2n) is 5.50. The number of aryl methyl sites for hydroxylation is 1. The lowest BCUT2D eigenvalue weighted by molar-refractivity contribution is -0.115. The molecule has 0 saturated carbocycles. The first-order valence-corrected chi connectivity index (χ1v) is 7.83. The van der Waals surface area contributed by atoms with Gasteiger partial charge in [-0.25, -0.2) is 5.43 Å². The molecule has 8 heteroatoms. The van der Waals surface area contributed by atoms with Crippen molar-refractivity contribution >= 4 is 23.2 Å². The Kier molecular flexibility index (Phi) is 6.37. The standard InChI is InChI=1S/C18H21N3O5/c1-11(20-21-18(23)16-5-6-26-12(16)2)7-17(22)19-13-8-14(24-3)10-15(9-13)25-4/h5-6,8-10H,7H2,1-4H3,(H,19,22)(H,21,23)/b20-11+. The van der Waals surface area contributed by atoms with Crippen molar-refractivity contribution in [1.82, 2.24) is 5.43 Å². The van der Waals surface area contributed by atoms with Crippen LogP contribution >= 0.6 is 0 Å². The minimum absolute atomic E-state index is 0.0180. The molecule has 26 heavy (non-hydrogen) atoms. The number of benzene rings is 1. The molecule has 8 nitrogen and oxygen atoms in total. The fraction of sp³-hybridized carbons (Fsp3) is 0.278. The Morgan fingerprint density at radius 2 is 1.81 bits per heavy atom. The number of ether oxygens (including phenoxy) is 2. The Labute approximate surface area is 151 Å². The molecule has 1 aromatic heterocycles. The van der Waals surface area contributed by atoms with E-state index in [9.17, 15) is 9.59 Å². The zero-order valence-corrected chi connectivity index (χ0v) is 15.1. The van der Waals surface area contributed by atoms with Gasteiger partial charge in [-0.2, -0.15) is 5.10 Å². The van der Waals surface area contributed by atoms with Gasteiger partial charge < -0.3 is 19.2 Å². The largest absolute Gasteiger partial charge is 0.497 e. The smallest absolute Gasteiger partial charge is 0.274 e. The summed E-state index contributed by atoms with van der Waals surface area (Å²) >= 11 is 0. The van der Waals surface area contributed by atoms with Crippen LogP contribution in [0.15, 0.2) is 40.0 Å². The molecule has 2 rings (SSSR count). The van der Waals surface area contributed by atoms with E-state index in [1.165, 1.54) is 20.5 Å². The molecule has 0 radical (unpaired) electrons. The van der Waals surface area contributed by atoms with Crippen LogP contribution < -0.4 is 20.2 Å². The van der Waals surface area contributed by atoms with Gasteiger partial charge in [0.05, 0.1) is 32.5 Å².